The molecule has 0 aliphatic heterocycles. The molecule has 0 aliphatic rings. The average molecular weight is 664 g/mol. The van der Waals surface area contributed by atoms with Crippen molar-refractivity contribution in [3.63, 3.8) is 0 Å². The molecule has 0 saturated carbocycles. The first kappa shape index (κ1) is 33.2. The highest BCUT2D eigenvalue weighted by Gasteiger charge is 2.23. The van der Waals surface area contributed by atoms with Crippen molar-refractivity contribution in [3.05, 3.63) is 166 Å². The van der Waals surface area contributed by atoms with Gasteiger partial charge in [-0.1, -0.05) is 90.0 Å². The topological polar surface area (TPSA) is 87.3 Å². The maximum absolute atomic E-state index is 14.7. The van der Waals surface area contributed by atoms with Crippen LogP contribution in [-0.4, -0.2) is 17.7 Å². The quantitative estimate of drug-likeness (QED) is 0.103. The molecule has 3 N–H and O–H groups in total. The summed E-state index contributed by atoms with van der Waals surface area (Å²) < 4.78 is 14.7. The van der Waals surface area contributed by atoms with Crippen molar-refractivity contribution < 1.29 is 18.8 Å². The second-order valence-electron chi connectivity index (χ2n) is 10.7. The van der Waals surface area contributed by atoms with Crippen LogP contribution in [0.1, 0.15) is 37.9 Å². The fourth-order valence-electron chi connectivity index (χ4n) is 4.77. The van der Waals surface area contributed by atoms with Crippen molar-refractivity contribution in [3.8, 4) is 0 Å². The van der Waals surface area contributed by atoms with Crippen LogP contribution in [0.25, 0.3) is 6.08 Å². The van der Waals surface area contributed by atoms with Gasteiger partial charge in [0.05, 0.1) is 5.02 Å². The summed E-state index contributed by atoms with van der Waals surface area (Å²) in [4.78, 5) is 41.0. The molecule has 0 aliphatic carbocycles. The number of hydrogen-bond acceptors (Lipinski definition) is 4. The molecule has 3 amide bonds. The average Bonchev–Trinajstić information content (AvgIpc) is 3.07. The van der Waals surface area contributed by atoms with Gasteiger partial charge in [-0.2, -0.15) is 0 Å². The minimum atomic E-state index is -0.692. The molecule has 0 bridgehead atoms. The number of nitrogens with one attached hydrogen (secondary N) is 3. The Kier molecular flexibility index (Phi) is 10.9. The Labute approximate surface area is 282 Å². The molecule has 1 atom stereocenters. The van der Waals surface area contributed by atoms with Crippen LogP contribution < -0.4 is 16.0 Å². The normalized spacial score (nSPS) is 11.8. The third-order valence-electron chi connectivity index (χ3n) is 7.14. The lowest BCUT2D eigenvalue weighted by atomic mass is 10.1. The molecule has 9 heteroatoms. The number of anilines is 2. The largest absolute Gasteiger partial charge is 0.325 e. The molecule has 5 aromatic carbocycles. The summed E-state index contributed by atoms with van der Waals surface area (Å²) in [7, 11) is 0. The Morgan fingerprint density at radius 3 is 2.19 bits per heavy atom. The zero-order valence-corrected chi connectivity index (χ0v) is 27.2. The van der Waals surface area contributed by atoms with E-state index in [9.17, 15) is 18.8 Å². The molecular formula is C38H31ClFN3O3S. The van der Waals surface area contributed by atoms with Crippen molar-refractivity contribution in [2.45, 2.75) is 24.0 Å². The number of halogens is 2. The van der Waals surface area contributed by atoms with Crippen molar-refractivity contribution >= 4 is 58.5 Å². The number of aryl methyl sites for hydroxylation is 2. The van der Waals surface area contributed by atoms with E-state index < -0.39 is 22.9 Å². The summed E-state index contributed by atoms with van der Waals surface area (Å²) in [5, 5.41) is 7.93. The predicted octanol–water partition coefficient (Wildman–Crippen LogP) is 8.98. The number of thioether (sulfide) groups is 1. The SMILES string of the molecule is Cc1ccc(NC(=O)C(Sc2cccc(NC(=O)/C(=C\c3c(F)cccc3Cl)NC(=O)c3ccccc3)c2)c2ccccc2)c(C)c1. The summed E-state index contributed by atoms with van der Waals surface area (Å²) >= 11 is 7.57. The lowest BCUT2D eigenvalue weighted by Crippen LogP contribution is -2.30. The van der Waals surface area contributed by atoms with E-state index in [0.717, 1.165) is 22.4 Å². The van der Waals surface area contributed by atoms with E-state index in [-0.39, 0.29) is 22.2 Å². The molecular weight excluding hydrogens is 633 g/mol. The van der Waals surface area contributed by atoms with Crippen molar-refractivity contribution in [2.75, 3.05) is 10.6 Å². The van der Waals surface area contributed by atoms with Gasteiger partial charge in [-0.25, -0.2) is 4.39 Å². The van der Waals surface area contributed by atoms with E-state index in [2.05, 4.69) is 16.0 Å². The van der Waals surface area contributed by atoms with Gasteiger partial charge in [0.1, 0.15) is 16.8 Å². The van der Waals surface area contributed by atoms with Crippen LogP contribution in [0.3, 0.4) is 0 Å². The zero-order valence-electron chi connectivity index (χ0n) is 25.6. The van der Waals surface area contributed by atoms with Crippen LogP contribution in [0.4, 0.5) is 15.8 Å². The number of rotatable bonds is 10. The standard InChI is InChI=1S/C38H31ClFN3O3S/c1-24-19-20-33(25(2)21-24)42-38(46)35(26-11-5-3-6-12-26)47-29-16-9-15-28(22-29)41-37(45)34(23-30-31(39)17-10-18-32(30)40)43-36(44)27-13-7-4-8-14-27/h3-23,35H,1-2H3,(H,41,45)(H,42,46)(H,43,44)/b34-23+. The van der Waals surface area contributed by atoms with Gasteiger partial charge in [0.2, 0.25) is 5.91 Å². The first-order valence-corrected chi connectivity index (χ1v) is 16.0. The fraction of sp³-hybridized carbons (Fsp3) is 0.0789. The Morgan fingerprint density at radius 1 is 0.787 bits per heavy atom. The van der Waals surface area contributed by atoms with Gasteiger partial charge in [-0.3, -0.25) is 14.4 Å². The molecule has 0 fully saturated rings. The van der Waals surface area contributed by atoms with Gasteiger partial charge in [-0.15, -0.1) is 11.8 Å². The van der Waals surface area contributed by atoms with E-state index in [4.69, 9.17) is 11.6 Å². The Hall–Kier alpha value is -5.18. The zero-order chi connectivity index (χ0) is 33.3. The van der Waals surface area contributed by atoms with Crippen LogP contribution in [0.2, 0.25) is 5.02 Å². The molecule has 0 spiro atoms. The van der Waals surface area contributed by atoms with Crippen molar-refractivity contribution in [1.29, 1.82) is 0 Å². The minimum Gasteiger partial charge on any atom is -0.325 e. The molecule has 0 heterocycles. The lowest BCUT2D eigenvalue weighted by molar-refractivity contribution is -0.116. The molecule has 0 saturated heterocycles. The Balaban J connectivity index is 1.40. The molecule has 0 aromatic heterocycles. The molecule has 47 heavy (non-hydrogen) atoms. The third-order valence-corrected chi connectivity index (χ3v) is 8.72. The third kappa shape index (κ3) is 8.76. The van der Waals surface area contributed by atoms with E-state index in [1.807, 2.05) is 68.4 Å². The molecule has 0 radical (unpaired) electrons. The number of hydrogen-bond donors (Lipinski definition) is 3. The second kappa shape index (κ2) is 15.4. The summed E-state index contributed by atoms with van der Waals surface area (Å²) in [6, 6.07) is 34.8. The summed E-state index contributed by atoms with van der Waals surface area (Å²) in [6.45, 7) is 3.95. The van der Waals surface area contributed by atoms with E-state index in [0.29, 0.717) is 16.1 Å². The monoisotopic (exact) mass is 663 g/mol. The predicted molar refractivity (Wildman–Crippen MR) is 188 cm³/mol. The fourth-order valence-corrected chi connectivity index (χ4v) is 6.07. The van der Waals surface area contributed by atoms with Gasteiger partial charge in [0.15, 0.2) is 0 Å². The van der Waals surface area contributed by atoms with Crippen LogP contribution in [0.5, 0.6) is 0 Å². The Bertz CT molecular complexity index is 1930. The van der Waals surface area contributed by atoms with Gasteiger partial charge in [0, 0.05) is 27.4 Å². The number of carbonyl (C=O) groups excluding carboxylic acids is 3. The second-order valence-corrected chi connectivity index (χ2v) is 12.3. The molecule has 236 valence electrons. The highest BCUT2D eigenvalue weighted by atomic mass is 35.5. The van der Waals surface area contributed by atoms with Crippen LogP contribution in [-0.2, 0) is 9.59 Å². The maximum Gasteiger partial charge on any atom is 0.272 e. The van der Waals surface area contributed by atoms with Gasteiger partial charge in [0.25, 0.3) is 11.8 Å². The summed E-state index contributed by atoms with van der Waals surface area (Å²) in [6.07, 6.45) is 1.20. The lowest BCUT2D eigenvalue weighted by Gasteiger charge is -2.19. The van der Waals surface area contributed by atoms with Crippen molar-refractivity contribution in [1.82, 2.24) is 5.32 Å². The molecule has 5 aromatic rings. The molecule has 6 nitrogen and oxygen atoms in total. The number of amides is 3. The van der Waals surface area contributed by atoms with Gasteiger partial charge < -0.3 is 16.0 Å². The van der Waals surface area contributed by atoms with Gasteiger partial charge in [-0.05, 0) is 79.6 Å². The number of carbonyl (C=O) groups is 3. The highest BCUT2D eigenvalue weighted by molar-refractivity contribution is 8.00. The van der Waals surface area contributed by atoms with Crippen LogP contribution >= 0.6 is 23.4 Å². The number of benzene rings is 5. The van der Waals surface area contributed by atoms with E-state index in [1.165, 1.54) is 36.0 Å². The van der Waals surface area contributed by atoms with Crippen LogP contribution in [0, 0.1) is 19.7 Å². The Morgan fingerprint density at radius 2 is 1.49 bits per heavy atom. The molecule has 5 rings (SSSR count). The summed E-state index contributed by atoms with van der Waals surface area (Å²) in [5.41, 5.74) is 4.07. The highest BCUT2D eigenvalue weighted by Crippen LogP contribution is 2.37. The van der Waals surface area contributed by atoms with E-state index >= 15 is 0 Å². The maximum atomic E-state index is 14.7. The molecule has 1 unspecified atom stereocenters. The van der Waals surface area contributed by atoms with Crippen LogP contribution in [0.15, 0.2) is 132 Å². The first-order chi connectivity index (χ1) is 22.7. The van der Waals surface area contributed by atoms with Gasteiger partial charge >= 0.3 is 0 Å². The summed E-state index contributed by atoms with van der Waals surface area (Å²) in [5.74, 6) is -2.09. The first-order valence-electron chi connectivity index (χ1n) is 14.7. The van der Waals surface area contributed by atoms with E-state index in [1.54, 1.807) is 48.5 Å². The minimum absolute atomic E-state index is 0.0440. The smallest absolute Gasteiger partial charge is 0.272 e. The van der Waals surface area contributed by atoms with Crippen molar-refractivity contribution in [2.24, 2.45) is 0 Å².